The van der Waals surface area contributed by atoms with E-state index in [4.69, 9.17) is 9.47 Å². The molecule has 0 bridgehead atoms. The maximum atomic E-state index is 12.4. The second kappa shape index (κ2) is 10.8. The van der Waals surface area contributed by atoms with Gasteiger partial charge in [0, 0.05) is 12.1 Å². The molecule has 8 heteroatoms. The maximum Gasteiger partial charge on any atom is 0.408 e. The zero-order valence-electron chi connectivity index (χ0n) is 16.4. The van der Waals surface area contributed by atoms with Gasteiger partial charge in [0.05, 0.1) is 4.92 Å². The Labute approximate surface area is 169 Å². The van der Waals surface area contributed by atoms with Gasteiger partial charge in [0.2, 0.25) is 0 Å². The fraction of sp³-hybridized carbons (Fsp3) is 0.333. The van der Waals surface area contributed by atoms with Gasteiger partial charge in [-0.05, 0) is 35.6 Å². The number of nitrogens with zero attached hydrogens (tertiary/aromatic N) is 1. The lowest BCUT2D eigenvalue weighted by Crippen LogP contribution is -2.42. The Hall–Kier alpha value is -3.42. The van der Waals surface area contributed by atoms with Crippen LogP contribution >= 0.6 is 0 Å². The summed E-state index contributed by atoms with van der Waals surface area (Å²) in [5, 5.41) is 13.2. The molecule has 0 aliphatic rings. The van der Waals surface area contributed by atoms with E-state index < -0.39 is 23.0 Å². The van der Waals surface area contributed by atoms with E-state index in [1.807, 2.05) is 44.2 Å². The fourth-order valence-corrected chi connectivity index (χ4v) is 2.56. The van der Waals surface area contributed by atoms with Gasteiger partial charge in [-0.1, -0.05) is 44.2 Å². The van der Waals surface area contributed by atoms with Gasteiger partial charge in [-0.3, -0.25) is 10.1 Å². The van der Waals surface area contributed by atoms with Gasteiger partial charge in [-0.15, -0.1) is 0 Å². The Morgan fingerprint density at radius 2 is 1.55 bits per heavy atom. The van der Waals surface area contributed by atoms with Crippen molar-refractivity contribution in [1.29, 1.82) is 0 Å². The number of carbonyl (C=O) groups is 2. The van der Waals surface area contributed by atoms with Crippen LogP contribution in [0, 0.1) is 16.0 Å². The van der Waals surface area contributed by atoms with Crippen molar-refractivity contribution in [3.63, 3.8) is 0 Å². The normalized spacial score (nSPS) is 11.6. The van der Waals surface area contributed by atoms with E-state index >= 15 is 0 Å². The molecule has 2 aromatic rings. The van der Waals surface area contributed by atoms with Crippen molar-refractivity contribution in [2.24, 2.45) is 5.92 Å². The highest BCUT2D eigenvalue weighted by molar-refractivity contribution is 5.81. The van der Waals surface area contributed by atoms with E-state index in [0.717, 1.165) is 5.56 Å². The average Bonchev–Trinajstić information content (AvgIpc) is 2.70. The SMILES string of the molecule is CC(C)C[C@H](NC(=O)OCc1ccccc1)C(=O)OCc1ccc([N+](=O)[O-])cc1. The lowest BCUT2D eigenvalue weighted by atomic mass is 10.0. The largest absolute Gasteiger partial charge is 0.459 e. The molecule has 154 valence electrons. The topological polar surface area (TPSA) is 108 Å². The van der Waals surface area contributed by atoms with E-state index in [-0.39, 0.29) is 24.8 Å². The molecule has 0 radical (unpaired) electrons. The summed E-state index contributed by atoms with van der Waals surface area (Å²) < 4.78 is 10.4. The number of hydrogen-bond donors (Lipinski definition) is 1. The molecule has 0 saturated carbocycles. The van der Waals surface area contributed by atoms with Gasteiger partial charge >= 0.3 is 12.1 Å². The predicted octanol–water partition coefficient (Wildman–Crippen LogP) is 3.98. The quantitative estimate of drug-likeness (QED) is 0.387. The van der Waals surface area contributed by atoms with E-state index in [1.165, 1.54) is 24.3 Å². The smallest absolute Gasteiger partial charge is 0.408 e. The minimum atomic E-state index is -0.851. The summed E-state index contributed by atoms with van der Waals surface area (Å²) in [5.74, 6) is -0.449. The number of ether oxygens (including phenoxy) is 2. The molecule has 1 atom stereocenters. The standard InChI is InChI=1S/C21H24N2O6/c1-15(2)12-19(22-21(25)29-14-16-6-4-3-5-7-16)20(24)28-13-17-8-10-18(11-9-17)23(26)27/h3-11,15,19H,12-14H2,1-2H3,(H,22,25)/t19-/m0/s1. The molecule has 0 saturated heterocycles. The average molecular weight is 400 g/mol. The summed E-state index contributed by atoms with van der Waals surface area (Å²) in [7, 11) is 0. The van der Waals surface area contributed by atoms with E-state index in [1.54, 1.807) is 0 Å². The molecule has 1 amide bonds. The van der Waals surface area contributed by atoms with Crippen LogP contribution in [0.4, 0.5) is 10.5 Å². The zero-order chi connectivity index (χ0) is 21.2. The predicted molar refractivity (Wildman–Crippen MR) is 106 cm³/mol. The molecule has 0 heterocycles. The lowest BCUT2D eigenvalue weighted by molar-refractivity contribution is -0.384. The molecule has 8 nitrogen and oxygen atoms in total. The number of nitrogens with one attached hydrogen (secondary N) is 1. The fourth-order valence-electron chi connectivity index (χ4n) is 2.56. The highest BCUT2D eigenvalue weighted by atomic mass is 16.6. The lowest BCUT2D eigenvalue weighted by Gasteiger charge is -2.19. The summed E-state index contributed by atoms with van der Waals surface area (Å²) in [4.78, 5) is 34.7. The molecule has 1 N–H and O–H groups in total. The van der Waals surface area contributed by atoms with Crippen molar-refractivity contribution in [2.75, 3.05) is 0 Å². The Kier molecular flexibility index (Phi) is 8.14. The first-order chi connectivity index (χ1) is 13.8. The number of rotatable bonds is 9. The summed E-state index contributed by atoms with van der Waals surface area (Å²) in [6, 6.07) is 14.1. The third kappa shape index (κ3) is 7.61. The van der Waals surface area contributed by atoms with Crippen molar-refractivity contribution in [1.82, 2.24) is 5.32 Å². The van der Waals surface area contributed by atoms with Gasteiger partial charge in [-0.2, -0.15) is 0 Å². The van der Waals surface area contributed by atoms with Crippen LogP contribution in [0.15, 0.2) is 54.6 Å². The number of alkyl carbamates (subject to hydrolysis) is 1. The molecule has 0 unspecified atom stereocenters. The number of esters is 1. The van der Waals surface area contributed by atoms with Crippen LogP contribution in [0.1, 0.15) is 31.4 Å². The Balaban J connectivity index is 1.89. The third-order valence-electron chi connectivity index (χ3n) is 4.02. The van der Waals surface area contributed by atoms with Gasteiger partial charge in [-0.25, -0.2) is 9.59 Å². The van der Waals surface area contributed by atoms with E-state index in [2.05, 4.69) is 5.32 Å². The van der Waals surface area contributed by atoms with Crippen LogP contribution in [-0.2, 0) is 27.5 Å². The Morgan fingerprint density at radius 3 is 2.14 bits per heavy atom. The number of benzene rings is 2. The van der Waals surface area contributed by atoms with Crippen LogP contribution in [0.2, 0.25) is 0 Å². The van der Waals surface area contributed by atoms with Crippen LogP contribution in [0.5, 0.6) is 0 Å². The van der Waals surface area contributed by atoms with Crippen molar-refractivity contribution in [3.8, 4) is 0 Å². The summed E-state index contributed by atoms with van der Waals surface area (Å²) in [6.45, 7) is 3.90. The summed E-state index contributed by atoms with van der Waals surface area (Å²) in [6.07, 6.45) is -0.314. The highest BCUT2D eigenvalue weighted by Gasteiger charge is 2.24. The number of hydrogen-bond acceptors (Lipinski definition) is 6. The van der Waals surface area contributed by atoms with E-state index in [9.17, 15) is 19.7 Å². The second-order valence-corrected chi connectivity index (χ2v) is 6.92. The minimum Gasteiger partial charge on any atom is -0.459 e. The minimum absolute atomic E-state index is 0.0411. The first kappa shape index (κ1) is 21.9. The van der Waals surface area contributed by atoms with Gasteiger partial charge in [0.15, 0.2) is 0 Å². The van der Waals surface area contributed by atoms with Crippen molar-refractivity contribution in [3.05, 3.63) is 75.8 Å². The highest BCUT2D eigenvalue weighted by Crippen LogP contribution is 2.14. The number of carbonyl (C=O) groups excluding carboxylic acids is 2. The molecule has 2 aromatic carbocycles. The van der Waals surface area contributed by atoms with Gasteiger partial charge in [0.25, 0.3) is 5.69 Å². The molecular weight excluding hydrogens is 376 g/mol. The summed E-state index contributed by atoms with van der Waals surface area (Å²) in [5.41, 5.74) is 1.41. The monoisotopic (exact) mass is 400 g/mol. The number of nitro groups is 1. The van der Waals surface area contributed by atoms with Crippen molar-refractivity contribution in [2.45, 2.75) is 39.5 Å². The van der Waals surface area contributed by atoms with Gasteiger partial charge in [0.1, 0.15) is 19.3 Å². The molecule has 0 spiro atoms. The van der Waals surface area contributed by atoms with Gasteiger partial charge < -0.3 is 14.8 Å². The molecule has 2 rings (SSSR count). The molecule has 0 aliphatic carbocycles. The maximum absolute atomic E-state index is 12.4. The van der Waals surface area contributed by atoms with Crippen LogP contribution in [0.3, 0.4) is 0 Å². The number of nitro benzene ring substituents is 1. The second-order valence-electron chi connectivity index (χ2n) is 6.92. The number of amides is 1. The molecule has 0 aromatic heterocycles. The Morgan fingerprint density at radius 1 is 0.966 bits per heavy atom. The van der Waals surface area contributed by atoms with Crippen molar-refractivity contribution < 1.29 is 24.0 Å². The first-order valence-corrected chi connectivity index (χ1v) is 9.22. The molecule has 0 fully saturated rings. The third-order valence-corrected chi connectivity index (χ3v) is 4.02. The van der Waals surface area contributed by atoms with Crippen LogP contribution in [0.25, 0.3) is 0 Å². The Bertz CT molecular complexity index is 821. The first-order valence-electron chi connectivity index (χ1n) is 9.22. The number of non-ortho nitro benzene ring substituents is 1. The molecule has 29 heavy (non-hydrogen) atoms. The van der Waals surface area contributed by atoms with Crippen LogP contribution < -0.4 is 5.32 Å². The molecule has 0 aliphatic heterocycles. The van der Waals surface area contributed by atoms with Crippen molar-refractivity contribution >= 4 is 17.7 Å². The van der Waals surface area contributed by atoms with Crippen LogP contribution in [-0.4, -0.2) is 23.0 Å². The zero-order valence-corrected chi connectivity index (χ0v) is 16.4. The molecular formula is C21H24N2O6. The summed E-state index contributed by atoms with van der Waals surface area (Å²) >= 11 is 0. The van der Waals surface area contributed by atoms with E-state index in [0.29, 0.717) is 12.0 Å².